The fourth-order valence-electron chi connectivity index (χ4n) is 2.04. The van der Waals surface area contributed by atoms with E-state index in [0.717, 1.165) is 12.8 Å². The lowest BCUT2D eigenvalue weighted by Gasteiger charge is -2.29. The fourth-order valence-corrected chi connectivity index (χ4v) is 4.40. The SMILES string of the molecule is CCC(CC)N(CCCl)S(=O)(=O)c1cccc(Cl)c1. The zero-order valence-electron chi connectivity index (χ0n) is 11.1. The third kappa shape index (κ3) is 4.09. The second-order valence-corrected chi connectivity index (χ2v) is 6.94. The van der Waals surface area contributed by atoms with Crippen molar-refractivity contribution in [1.29, 1.82) is 0 Å². The minimum atomic E-state index is -3.54. The summed E-state index contributed by atoms with van der Waals surface area (Å²) in [6.07, 6.45) is 1.51. The smallest absolute Gasteiger partial charge is 0.207 e. The van der Waals surface area contributed by atoms with Gasteiger partial charge >= 0.3 is 0 Å². The van der Waals surface area contributed by atoms with E-state index >= 15 is 0 Å². The number of hydrogen-bond acceptors (Lipinski definition) is 2. The Morgan fingerprint density at radius 3 is 2.37 bits per heavy atom. The number of hydrogen-bond donors (Lipinski definition) is 0. The second kappa shape index (κ2) is 7.48. The van der Waals surface area contributed by atoms with Gasteiger partial charge in [0.25, 0.3) is 0 Å². The first kappa shape index (κ1) is 16.8. The summed E-state index contributed by atoms with van der Waals surface area (Å²) < 4.78 is 26.8. The van der Waals surface area contributed by atoms with E-state index in [9.17, 15) is 8.42 Å². The Balaban J connectivity index is 3.19. The van der Waals surface area contributed by atoms with Crippen LogP contribution in [0.25, 0.3) is 0 Å². The number of benzene rings is 1. The minimum Gasteiger partial charge on any atom is -0.207 e. The van der Waals surface area contributed by atoms with Gasteiger partial charge in [-0.2, -0.15) is 4.31 Å². The van der Waals surface area contributed by atoms with E-state index in [0.29, 0.717) is 11.6 Å². The molecule has 0 radical (unpaired) electrons. The van der Waals surface area contributed by atoms with Crippen LogP contribution in [0.4, 0.5) is 0 Å². The molecule has 19 heavy (non-hydrogen) atoms. The molecule has 0 bridgehead atoms. The van der Waals surface area contributed by atoms with Crippen LogP contribution in [0, 0.1) is 0 Å². The van der Waals surface area contributed by atoms with E-state index < -0.39 is 10.0 Å². The average molecular weight is 324 g/mol. The van der Waals surface area contributed by atoms with Crippen molar-refractivity contribution in [3.63, 3.8) is 0 Å². The molecule has 0 spiro atoms. The molecule has 108 valence electrons. The highest BCUT2D eigenvalue weighted by Crippen LogP contribution is 2.23. The lowest BCUT2D eigenvalue weighted by atomic mass is 10.2. The molecule has 0 saturated carbocycles. The topological polar surface area (TPSA) is 37.4 Å². The van der Waals surface area contributed by atoms with Crippen molar-refractivity contribution >= 4 is 33.2 Å². The molecule has 0 atom stereocenters. The van der Waals surface area contributed by atoms with Gasteiger partial charge in [0.2, 0.25) is 10.0 Å². The Bertz CT molecular complexity index is 501. The molecular formula is C13H19Cl2NO2S. The van der Waals surface area contributed by atoms with Gasteiger partial charge in [-0.15, -0.1) is 11.6 Å². The highest BCUT2D eigenvalue weighted by molar-refractivity contribution is 7.89. The molecule has 0 aliphatic rings. The van der Waals surface area contributed by atoms with Gasteiger partial charge in [0.1, 0.15) is 0 Å². The van der Waals surface area contributed by atoms with Crippen molar-refractivity contribution in [2.75, 3.05) is 12.4 Å². The monoisotopic (exact) mass is 323 g/mol. The molecule has 0 aliphatic carbocycles. The standard InChI is InChI=1S/C13H19Cl2NO2S/c1-3-12(4-2)16(9-8-14)19(17,18)13-7-5-6-11(15)10-13/h5-7,10,12H,3-4,8-9H2,1-2H3. The van der Waals surface area contributed by atoms with E-state index in [-0.39, 0.29) is 16.8 Å². The van der Waals surface area contributed by atoms with Gasteiger partial charge in [0.05, 0.1) is 4.90 Å². The molecule has 6 heteroatoms. The molecular weight excluding hydrogens is 305 g/mol. The van der Waals surface area contributed by atoms with Crippen LogP contribution in [-0.4, -0.2) is 31.2 Å². The Labute approximate surface area is 125 Å². The number of halogens is 2. The predicted octanol–water partition coefficient (Wildman–Crippen LogP) is 3.76. The Morgan fingerprint density at radius 1 is 1.26 bits per heavy atom. The third-order valence-corrected chi connectivity index (χ3v) is 5.41. The van der Waals surface area contributed by atoms with Crippen LogP contribution >= 0.6 is 23.2 Å². The molecule has 1 rings (SSSR count). The molecule has 0 aromatic heterocycles. The lowest BCUT2D eigenvalue weighted by molar-refractivity contribution is 0.316. The molecule has 1 aromatic carbocycles. The van der Waals surface area contributed by atoms with E-state index in [1.165, 1.54) is 10.4 Å². The number of rotatable bonds is 7. The second-order valence-electron chi connectivity index (χ2n) is 4.23. The highest BCUT2D eigenvalue weighted by Gasteiger charge is 2.29. The first-order valence-corrected chi connectivity index (χ1v) is 8.66. The van der Waals surface area contributed by atoms with Crippen LogP contribution in [0.1, 0.15) is 26.7 Å². The molecule has 0 aliphatic heterocycles. The largest absolute Gasteiger partial charge is 0.243 e. The van der Waals surface area contributed by atoms with E-state index in [1.54, 1.807) is 18.2 Å². The van der Waals surface area contributed by atoms with Gasteiger partial charge in [0.15, 0.2) is 0 Å². The first-order chi connectivity index (χ1) is 8.97. The number of sulfonamides is 1. The number of alkyl halides is 1. The molecule has 0 N–H and O–H groups in total. The quantitative estimate of drug-likeness (QED) is 0.716. The summed E-state index contributed by atoms with van der Waals surface area (Å²) >= 11 is 11.6. The average Bonchev–Trinajstić information content (AvgIpc) is 2.39. The van der Waals surface area contributed by atoms with Crippen LogP contribution in [0.5, 0.6) is 0 Å². The summed E-state index contributed by atoms with van der Waals surface area (Å²) in [5, 5.41) is 0.413. The summed E-state index contributed by atoms with van der Waals surface area (Å²) in [7, 11) is -3.54. The summed E-state index contributed by atoms with van der Waals surface area (Å²) in [5.41, 5.74) is 0. The van der Waals surface area contributed by atoms with E-state index in [2.05, 4.69) is 0 Å². The summed E-state index contributed by atoms with van der Waals surface area (Å²) in [6.45, 7) is 4.26. The summed E-state index contributed by atoms with van der Waals surface area (Å²) in [6, 6.07) is 6.29. The molecule has 0 saturated heterocycles. The van der Waals surface area contributed by atoms with E-state index in [4.69, 9.17) is 23.2 Å². The zero-order chi connectivity index (χ0) is 14.5. The molecule has 3 nitrogen and oxygen atoms in total. The molecule has 1 aromatic rings. The fraction of sp³-hybridized carbons (Fsp3) is 0.538. The van der Waals surface area contributed by atoms with Gasteiger partial charge in [-0.25, -0.2) is 8.42 Å². The van der Waals surface area contributed by atoms with Crippen LogP contribution in [0.15, 0.2) is 29.2 Å². The minimum absolute atomic E-state index is 0.0391. The third-order valence-electron chi connectivity index (χ3n) is 3.06. The molecule has 0 fully saturated rings. The van der Waals surface area contributed by atoms with Gasteiger partial charge in [-0.05, 0) is 31.0 Å². The highest BCUT2D eigenvalue weighted by atomic mass is 35.5. The van der Waals surface area contributed by atoms with Crippen LogP contribution in [-0.2, 0) is 10.0 Å². The van der Waals surface area contributed by atoms with E-state index in [1.807, 2.05) is 13.8 Å². The molecule has 0 heterocycles. The van der Waals surface area contributed by atoms with Crippen molar-refractivity contribution in [3.05, 3.63) is 29.3 Å². The van der Waals surface area contributed by atoms with Crippen molar-refractivity contribution < 1.29 is 8.42 Å². The Morgan fingerprint density at radius 2 is 1.89 bits per heavy atom. The number of nitrogens with zero attached hydrogens (tertiary/aromatic N) is 1. The maximum atomic E-state index is 12.6. The first-order valence-electron chi connectivity index (χ1n) is 6.30. The van der Waals surface area contributed by atoms with Crippen molar-refractivity contribution in [3.8, 4) is 0 Å². The maximum absolute atomic E-state index is 12.6. The summed E-state index contributed by atoms with van der Waals surface area (Å²) in [5.74, 6) is 0.274. The van der Waals surface area contributed by atoms with Crippen LogP contribution in [0.2, 0.25) is 5.02 Å². The maximum Gasteiger partial charge on any atom is 0.243 e. The van der Waals surface area contributed by atoms with Crippen LogP contribution in [0.3, 0.4) is 0 Å². The van der Waals surface area contributed by atoms with Gasteiger partial charge < -0.3 is 0 Å². The van der Waals surface area contributed by atoms with Gasteiger partial charge in [-0.1, -0.05) is 31.5 Å². The lowest BCUT2D eigenvalue weighted by Crippen LogP contribution is -2.40. The van der Waals surface area contributed by atoms with Crippen molar-refractivity contribution in [2.24, 2.45) is 0 Å². The van der Waals surface area contributed by atoms with Gasteiger partial charge in [0, 0.05) is 23.5 Å². The van der Waals surface area contributed by atoms with Gasteiger partial charge in [-0.3, -0.25) is 0 Å². The normalized spacial score (nSPS) is 12.3. The zero-order valence-corrected chi connectivity index (χ0v) is 13.5. The molecule has 0 unspecified atom stereocenters. The molecule has 0 amide bonds. The Kier molecular flexibility index (Phi) is 6.60. The van der Waals surface area contributed by atoms with Crippen molar-refractivity contribution in [1.82, 2.24) is 4.31 Å². The predicted molar refractivity (Wildman–Crippen MR) is 80.4 cm³/mol. The summed E-state index contributed by atoms with van der Waals surface area (Å²) in [4.78, 5) is 0.219. The van der Waals surface area contributed by atoms with Crippen LogP contribution < -0.4 is 0 Å². The Hall–Kier alpha value is -0.290. The van der Waals surface area contributed by atoms with Crippen molar-refractivity contribution in [2.45, 2.75) is 37.6 Å².